The van der Waals surface area contributed by atoms with Gasteiger partial charge in [-0.15, -0.1) is 0 Å². The highest BCUT2D eigenvalue weighted by atomic mass is 17.2. The maximum atomic E-state index is 7.23. The van der Waals surface area contributed by atoms with Gasteiger partial charge in [-0.2, -0.15) is 0 Å². The van der Waals surface area contributed by atoms with Crippen LogP contribution in [0.5, 0.6) is 0 Å². The molecule has 0 atom stereocenters. The molecule has 0 unspecified atom stereocenters. The number of benzene rings is 6. The molecule has 242 valence electrons. The molecule has 0 heterocycles. The topological polar surface area (TPSA) is 18.5 Å². The molecule has 6 aromatic carbocycles. The molecular weight excluding hydrogens is 585 g/mol. The first kappa shape index (κ1) is 33.2. The third-order valence-corrected chi connectivity index (χ3v) is 9.37. The Morgan fingerprint density at radius 2 is 0.583 bits per heavy atom. The molecule has 0 fully saturated rings. The van der Waals surface area contributed by atoms with Crippen LogP contribution in [0.1, 0.15) is 84.0 Å². The van der Waals surface area contributed by atoms with Crippen LogP contribution in [0.3, 0.4) is 0 Å². The summed E-state index contributed by atoms with van der Waals surface area (Å²) in [5.74, 6) is 0. The van der Waals surface area contributed by atoms with Crippen LogP contribution >= 0.6 is 0 Å². The van der Waals surface area contributed by atoms with Gasteiger partial charge in [-0.1, -0.05) is 197 Å². The van der Waals surface area contributed by atoms with E-state index in [2.05, 4.69) is 159 Å². The number of rotatable bonds is 15. The number of unbranched alkanes of at least 4 members (excludes halogenated alkanes) is 2. The van der Waals surface area contributed by atoms with E-state index >= 15 is 0 Å². The molecule has 6 aromatic rings. The van der Waals surface area contributed by atoms with Gasteiger partial charge in [0.05, 0.1) is 0 Å². The summed E-state index contributed by atoms with van der Waals surface area (Å²) in [7, 11) is 0. The molecule has 0 amide bonds. The minimum Gasteiger partial charge on any atom is -0.214 e. The van der Waals surface area contributed by atoms with Crippen molar-refractivity contribution in [3.05, 3.63) is 214 Å². The molecule has 0 saturated carbocycles. The Morgan fingerprint density at radius 1 is 0.333 bits per heavy atom. The summed E-state index contributed by atoms with van der Waals surface area (Å²) in [6, 6.07) is 59.7. The molecule has 0 spiro atoms. The molecule has 0 aliphatic carbocycles. The van der Waals surface area contributed by atoms with Crippen molar-refractivity contribution in [3.8, 4) is 0 Å². The van der Waals surface area contributed by atoms with Gasteiger partial charge in [0.25, 0.3) is 0 Å². The van der Waals surface area contributed by atoms with Crippen molar-refractivity contribution in [2.45, 2.75) is 63.6 Å². The number of hydrogen-bond acceptors (Lipinski definition) is 2. The Kier molecular flexibility index (Phi) is 11.0. The lowest BCUT2D eigenvalue weighted by molar-refractivity contribution is -0.388. The third-order valence-electron chi connectivity index (χ3n) is 9.37. The van der Waals surface area contributed by atoms with E-state index in [-0.39, 0.29) is 0 Å². The highest BCUT2D eigenvalue weighted by Crippen LogP contribution is 2.47. The molecule has 0 aliphatic rings. The van der Waals surface area contributed by atoms with Crippen LogP contribution in [0, 0.1) is 0 Å². The largest absolute Gasteiger partial charge is 0.214 e. The summed E-state index contributed by atoms with van der Waals surface area (Å²) in [6.45, 7) is 4.47. The summed E-state index contributed by atoms with van der Waals surface area (Å²) < 4.78 is 0. The Morgan fingerprint density at radius 3 is 0.833 bits per heavy atom. The highest BCUT2D eigenvalue weighted by Gasteiger charge is 2.45. The van der Waals surface area contributed by atoms with Crippen LogP contribution in [0.25, 0.3) is 0 Å². The molecule has 0 saturated heterocycles. The van der Waals surface area contributed by atoms with Crippen LogP contribution < -0.4 is 0 Å². The number of aryl methyl sites for hydroxylation is 2. The summed E-state index contributed by atoms with van der Waals surface area (Å²) in [6.07, 6.45) is 6.76. The standard InChI is InChI=1S/C46H46O2/c1-3-5-19-37-29-33-43(34-30-37)45(39-21-11-7-12-22-39,40-23-13-8-14-24-40)47-48-46(41-25-15-9-16-26-41,42-27-17-10-18-28-42)44-35-31-38(32-36-44)20-6-4-2/h7-18,21-36H,3-6,19-20H2,1-2H3. The first-order chi connectivity index (χ1) is 23.7. The molecule has 6 rings (SSSR count). The molecule has 2 nitrogen and oxygen atoms in total. The lowest BCUT2D eigenvalue weighted by Gasteiger charge is -2.40. The second kappa shape index (κ2) is 15.9. The predicted octanol–water partition coefficient (Wildman–Crippen LogP) is 11.6. The normalized spacial score (nSPS) is 11.8. The van der Waals surface area contributed by atoms with Crippen molar-refractivity contribution in [1.29, 1.82) is 0 Å². The van der Waals surface area contributed by atoms with Crippen molar-refractivity contribution in [2.75, 3.05) is 0 Å². The van der Waals surface area contributed by atoms with Crippen LogP contribution in [0.4, 0.5) is 0 Å². The van der Waals surface area contributed by atoms with Gasteiger partial charge in [-0.3, -0.25) is 0 Å². The van der Waals surface area contributed by atoms with Gasteiger partial charge < -0.3 is 0 Å². The average molecular weight is 631 g/mol. The van der Waals surface area contributed by atoms with Crippen LogP contribution in [-0.4, -0.2) is 0 Å². The van der Waals surface area contributed by atoms with Gasteiger partial charge in [0.2, 0.25) is 0 Å². The molecule has 0 radical (unpaired) electrons. The van der Waals surface area contributed by atoms with Crippen molar-refractivity contribution >= 4 is 0 Å². The van der Waals surface area contributed by atoms with Gasteiger partial charge in [-0.25, -0.2) is 9.78 Å². The quantitative estimate of drug-likeness (QED) is 0.0638. The summed E-state index contributed by atoms with van der Waals surface area (Å²) >= 11 is 0. The SMILES string of the molecule is CCCCc1ccc(C(OOC(c2ccccc2)(c2ccccc2)c2ccc(CCCC)cc2)(c2ccccc2)c2ccccc2)cc1. The van der Waals surface area contributed by atoms with Gasteiger partial charge in [0, 0.05) is 0 Å². The fraction of sp³-hybridized carbons (Fsp3) is 0.217. The predicted molar refractivity (Wildman–Crippen MR) is 198 cm³/mol. The molecule has 2 heteroatoms. The van der Waals surface area contributed by atoms with Gasteiger partial charge in [0.1, 0.15) is 0 Å². The molecule has 0 bridgehead atoms. The van der Waals surface area contributed by atoms with Crippen molar-refractivity contribution < 1.29 is 9.78 Å². The van der Waals surface area contributed by atoms with Crippen LogP contribution in [-0.2, 0) is 33.8 Å². The molecule has 48 heavy (non-hydrogen) atoms. The van der Waals surface area contributed by atoms with E-state index in [4.69, 9.17) is 9.78 Å². The second-order valence-corrected chi connectivity index (χ2v) is 12.6. The first-order valence-corrected chi connectivity index (χ1v) is 17.5. The van der Waals surface area contributed by atoms with Gasteiger partial charge in [0.15, 0.2) is 11.2 Å². The lowest BCUT2D eigenvalue weighted by atomic mass is 9.79. The summed E-state index contributed by atoms with van der Waals surface area (Å²) in [4.78, 5) is 14.5. The first-order valence-electron chi connectivity index (χ1n) is 17.5. The summed E-state index contributed by atoms with van der Waals surface area (Å²) in [5.41, 5.74) is 6.47. The van der Waals surface area contributed by atoms with E-state index in [0.717, 1.165) is 71.9 Å². The van der Waals surface area contributed by atoms with E-state index in [0.29, 0.717) is 0 Å². The van der Waals surface area contributed by atoms with Crippen molar-refractivity contribution in [2.24, 2.45) is 0 Å². The molecule has 0 aliphatic heterocycles. The minimum atomic E-state index is -1.07. The van der Waals surface area contributed by atoms with E-state index in [1.807, 2.05) is 24.3 Å². The third kappa shape index (κ3) is 6.92. The van der Waals surface area contributed by atoms with Gasteiger partial charge >= 0.3 is 0 Å². The fourth-order valence-corrected chi connectivity index (χ4v) is 6.68. The zero-order valence-electron chi connectivity index (χ0n) is 28.2. The van der Waals surface area contributed by atoms with E-state index in [1.54, 1.807) is 0 Å². The van der Waals surface area contributed by atoms with E-state index < -0.39 is 11.2 Å². The van der Waals surface area contributed by atoms with Crippen LogP contribution in [0.2, 0.25) is 0 Å². The zero-order chi connectivity index (χ0) is 33.1. The Labute approximate surface area is 287 Å². The summed E-state index contributed by atoms with van der Waals surface area (Å²) in [5, 5.41) is 0. The molecule has 0 aromatic heterocycles. The molecule has 0 N–H and O–H groups in total. The highest BCUT2D eigenvalue weighted by molar-refractivity contribution is 5.50. The van der Waals surface area contributed by atoms with Crippen LogP contribution in [0.15, 0.2) is 170 Å². The van der Waals surface area contributed by atoms with Gasteiger partial charge in [-0.05, 0) is 70.2 Å². The van der Waals surface area contributed by atoms with Crippen molar-refractivity contribution in [3.63, 3.8) is 0 Å². The number of hydrogen-bond donors (Lipinski definition) is 0. The Bertz CT molecular complexity index is 1580. The fourth-order valence-electron chi connectivity index (χ4n) is 6.68. The average Bonchev–Trinajstić information content (AvgIpc) is 3.17. The lowest BCUT2D eigenvalue weighted by Crippen LogP contribution is -2.40. The Balaban J connectivity index is 1.57. The maximum Gasteiger partial charge on any atom is 0.179 e. The minimum absolute atomic E-state index is 0.988. The Hall–Kier alpha value is -4.76. The van der Waals surface area contributed by atoms with E-state index in [9.17, 15) is 0 Å². The van der Waals surface area contributed by atoms with Crippen molar-refractivity contribution in [1.82, 2.24) is 0 Å². The maximum absolute atomic E-state index is 7.23. The monoisotopic (exact) mass is 630 g/mol. The van der Waals surface area contributed by atoms with E-state index in [1.165, 1.54) is 11.1 Å². The zero-order valence-corrected chi connectivity index (χ0v) is 28.2. The smallest absolute Gasteiger partial charge is 0.179 e. The molecular formula is C46H46O2. The second-order valence-electron chi connectivity index (χ2n) is 12.6.